The number of rotatable bonds is 4. The van der Waals surface area contributed by atoms with Gasteiger partial charge in [0.2, 0.25) is 0 Å². The van der Waals surface area contributed by atoms with Crippen LogP contribution in [0.5, 0.6) is 0 Å². The highest BCUT2D eigenvalue weighted by atomic mass is 16.5. The molecule has 24 heavy (non-hydrogen) atoms. The van der Waals surface area contributed by atoms with E-state index in [4.69, 9.17) is 4.74 Å². The minimum absolute atomic E-state index is 0.104. The fourth-order valence-corrected chi connectivity index (χ4v) is 2.76. The van der Waals surface area contributed by atoms with Crippen molar-refractivity contribution in [3.05, 3.63) is 53.0 Å². The van der Waals surface area contributed by atoms with Crippen LogP contribution >= 0.6 is 0 Å². The van der Waals surface area contributed by atoms with Crippen molar-refractivity contribution in [1.29, 1.82) is 0 Å². The Labute approximate surface area is 141 Å². The summed E-state index contributed by atoms with van der Waals surface area (Å²) in [6.45, 7) is 7.34. The summed E-state index contributed by atoms with van der Waals surface area (Å²) >= 11 is 0. The molecule has 0 saturated carbocycles. The normalized spacial score (nSPS) is 14.5. The SMILES string of the molecule is Cc1ccc(C(=O)NCc2nccc(N3CCOCC3)n2)c(C)c1. The van der Waals surface area contributed by atoms with Crippen LogP contribution < -0.4 is 10.2 Å². The minimum atomic E-state index is -0.104. The van der Waals surface area contributed by atoms with Crippen molar-refractivity contribution in [2.45, 2.75) is 20.4 Å². The van der Waals surface area contributed by atoms with E-state index in [1.165, 1.54) is 0 Å². The van der Waals surface area contributed by atoms with Gasteiger partial charge in [0.05, 0.1) is 19.8 Å². The van der Waals surface area contributed by atoms with E-state index < -0.39 is 0 Å². The zero-order valence-electron chi connectivity index (χ0n) is 14.1. The molecule has 0 radical (unpaired) electrons. The number of ether oxygens (including phenoxy) is 1. The maximum Gasteiger partial charge on any atom is 0.251 e. The van der Waals surface area contributed by atoms with Crippen LogP contribution in [0, 0.1) is 13.8 Å². The van der Waals surface area contributed by atoms with Crippen molar-refractivity contribution < 1.29 is 9.53 Å². The molecule has 1 aromatic carbocycles. The third kappa shape index (κ3) is 3.89. The number of aryl methyl sites for hydroxylation is 2. The number of morpholine rings is 1. The quantitative estimate of drug-likeness (QED) is 0.929. The maximum atomic E-state index is 12.3. The van der Waals surface area contributed by atoms with Gasteiger partial charge in [0.15, 0.2) is 0 Å². The van der Waals surface area contributed by atoms with Gasteiger partial charge < -0.3 is 15.0 Å². The van der Waals surface area contributed by atoms with Gasteiger partial charge in [0.25, 0.3) is 5.91 Å². The molecule has 1 N–H and O–H groups in total. The molecule has 0 aliphatic carbocycles. The molecule has 6 nitrogen and oxygen atoms in total. The van der Waals surface area contributed by atoms with Crippen LogP contribution in [0.15, 0.2) is 30.5 Å². The van der Waals surface area contributed by atoms with E-state index in [0.717, 1.165) is 30.0 Å². The van der Waals surface area contributed by atoms with Gasteiger partial charge in [0.1, 0.15) is 11.6 Å². The molecule has 2 aromatic rings. The Kier molecular flexibility index (Phi) is 5.05. The summed E-state index contributed by atoms with van der Waals surface area (Å²) in [6.07, 6.45) is 1.73. The highest BCUT2D eigenvalue weighted by Gasteiger charge is 2.14. The Bertz CT molecular complexity index is 727. The Hall–Kier alpha value is -2.47. The number of amides is 1. The van der Waals surface area contributed by atoms with Crippen LogP contribution in [-0.4, -0.2) is 42.2 Å². The van der Waals surface area contributed by atoms with E-state index in [1.54, 1.807) is 6.20 Å². The molecule has 0 unspecified atom stereocenters. The number of nitrogens with one attached hydrogen (secondary N) is 1. The average molecular weight is 326 g/mol. The molecule has 1 aromatic heterocycles. The molecule has 0 bridgehead atoms. The van der Waals surface area contributed by atoms with E-state index in [1.807, 2.05) is 38.1 Å². The summed E-state index contributed by atoms with van der Waals surface area (Å²) in [6, 6.07) is 7.69. The largest absolute Gasteiger partial charge is 0.378 e. The second-order valence-electron chi connectivity index (χ2n) is 5.93. The molecule has 1 saturated heterocycles. The molecule has 1 amide bonds. The standard InChI is InChI=1S/C18H22N4O2/c1-13-3-4-15(14(2)11-13)18(23)20-12-16-19-6-5-17(21-16)22-7-9-24-10-8-22/h3-6,11H,7-10,12H2,1-2H3,(H,20,23). The lowest BCUT2D eigenvalue weighted by atomic mass is 10.1. The van der Waals surface area contributed by atoms with Crippen LogP contribution in [0.1, 0.15) is 27.3 Å². The van der Waals surface area contributed by atoms with Crippen molar-refractivity contribution in [2.75, 3.05) is 31.2 Å². The lowest BCUT2D eigenvalue weighted by Crippen LogP contribution is -2.37. The number of carbonyl (C=O) groups is 1. The Morgan fingerprint density at radius 3 is 2.79 bits per heavy atom. The van der Waals surface area contributed by atoms with E-state index in [0.29, 0.717) is 31.1 Å². The Balaban J connectivity index is 1.64. The molecule has 0 atom stereocenters. The zero-order valence-corrected chi connectivity index (χ0v) is 14.1. The second kappa shape index (κ2) is 7.40. The highest BCUT2D eigenvalue weighted by molar-refractivity contribution is 5.95. The average Bonchev–Trinajstić information content (AvgIpc) is 2.61. The summed E-state index contributed by atoms with van der Waals surface area (Å²) in [5.41, 5.74) is 2.80. The number of anilines is 1. The van der Waals surface area contributed by atoms with Crippen molar-refractivity contribution in [3.8, 4) is 0 Å². The third-order valence-corrected chi connectivity index (χ3v) is 4.06. The van der Waals surface area contributed by atoms with Crippen LogP contribution in [0.25, 0.3) is 0 Å². The van der Waals surface area contributed by atoms with E-state index in [-0.39, 0.29) is 5.91 Å². The first-order chi connectivity index (χ1) is 11.6. The first-order valence-electron chi connectivity index (χ1n) is 8.13. The van der Waals surface area contributed by atoms with Gasteiger partial charge in [-0.2, -0.15) is 0 Å². The third-order valence-electron chi connectivity index (χ3n) is 4.06. The predicted octanol–water partition coefficient (Wildman–Crippen LogP) is 1.86. The van der Waals surface area contributed by atoms with Crippen LogP contribution in [0.3, 0.4) is 0 Å². The molecule has 3 rings (SSSR count). The smallest absolute Gasteiger partial charge is 0.251 e. The van der Waals surface area contributed by atoms with Crippen molar-refractivity contribution >= 4 is 11.7 Å². The lowest BCUT2D eigenvalue weighted by molar-refractivity contribution is 0.0949. The highest BCUT2D eigenvalue weighted by Crippen LogP contribution is 2.13. The molecule has 126 valence electrons. The summed E-state index contributed by atoms with van der Waals surface area (Å²) in [5, 5.41) is 2.90. The molecule has 1 aliphatic rings. The molecular weight excluding hydrogens is 304 g/mol. The fourth-order valence-electron chi connectivity index (χ4n) is 2.76. The van der Waals surface area contributed by atoms with Gasteiger partial charge in [-0.3, -0.25) is 4.79 Å². The van der Waals surface area contributed by atoms with Crippen LogP contribution in [0.4, 0.5) is 5.82 Å². The molecule has 0 spiro atoms. The number of hydrogen-bond donors (Lipinski definition) is 1. The summed E-state index contributed by atoms with van der Waals surface area (Å²) in [5.74, 6) is 1.38. The van der Waals surface area contributed by atoms with Crippen LogP contribution in [-0.2, 0) is 11.3 Å². The van der Waals surface area contributed by atoms with Gasteiger partial charge in [-0.05, 0) is 31.5 Å². The van der Waals surface area contributed by atoms with Crippen molar-refractivity contribution in [1.82, 2.24) is 15.3 Å². The second-order valence-corrected chi connectivity index (χ2v) is 5.93. The first kappa shape index (κ1) is 16.4. The fraction of sp³-hybridized carbons (Fsp3) is 0.389. The monoisotopic (exact) mass is 326 g/mol. The van der Waals surface area contributed by atoms with E-state index in [2.05, 4.69) is 20.2 Å². The summed E-state index contributed by atoms with van der Waals surface area (Å²) in [7, 11) is 0. The van der Waals surface area contributed by atoms with Gasteiger partial charge in [-0.25, -0.2) is 9.97 Å². The molecule has 6 heteroatoms. The Morgan fingerprint density at radius 1 is 1.25 bits per heavy atom. The topological polar surface area (TPSA) is 67.4 Å². The molecule has 1 aliphatic heterocycles. The summed E-state index contributed by atoms with van der Waals surface area (Å²) in [4.78, 5) is 23.3. The minimum Gasteiger partial charge on any atom is -0.378 e. The first-order valence-corrected chi connectivity index (χ1v) is 8.13. The predicted molar refractivity (Wildman–Crippen MR) is 92.2 cm³/mol. The van der Waals surface area contributed by atoms with Gasteiger partial charge in [0, 0.05) is 24.8 Å². The van der Waals surface area contributed by atoms with Crippen molar-refractivity contribution in [3.63, 3.8) is 0 Å². The van der Waals surface area contributed by atoms with Crippen molar-refractivity contribution in [2.24, 2.45) is 0 Å². The Morgan fingerprint density at radius 2 is 2.04 bits per heavy atom. The lowest BCUT2D eigenvalue weighted by Gasteiger charge is -2.27. The van der Waals surface area contributed by atoms with Crippen LogP contribution in [0.2, 0.25) is 0 Å². The van der Waals surface area contributed by atoms with Gasteiger partial charge in [-0.15, -0.1) is 0 Å². The molecule has 1 fully saturated rings. The summed E-state index contributed by atoms with van der Waals surface area (Å²) < 4.78 is 5.36. The zero-order chi connectivity index (χ0) is 16.9. The maximum absolute atomic E-state index is 12.3. The van der Waals surface area contributed by atoms with Gasteiger partial charge >= 0.3 is 0 Å². The molecular formula is C18H22N4O2. The van der Waals surface area contributed by atoms with Gasteiger partial charge in [-0.1, -0.05) is 17.7 Å². The number of aromatic nitrogens is 2. The number of benzene rings is 1. The van der Waals surface area contributed by atoms with E-state index >= 15 is 0 Å². The number of hydrogen-bond acceptors (Lipinski definition) is 5. The molecule has 2 heterocycles. The number of carbonyl (C=O) groups excluding carboxylic acids is 1. The van der Waals surface area contributed by atoms with E-state index in [9.17, 15) is 4.79 Å². The number of nitrogens with zero attached hydrogens (tertiary/aromatic N) is 3.